The van der Waals surface area contributed by atoms with E-state index in [4.69, 9.17) is 0 Å². The maximum atomic E-state index is 12.7. The quantitative estimate of drug-likeness (QED) is 0.869. The maximum absolute atomic E-state index is 12.7. The molecule has 2 saturated carbocycles. The van der Waals surface area contributed by atoms with E-state index in [2.05, 4.69) is 5.32 Å². The summed E-state index contributed by atoms with van der Waals surface area (Å²) in [7, 11) is 0. The van der Waals surface area contributed by atoms with Gasteiger partial charge in [-0.3, -0.25) is 4.79 Å². The van der Waals surface area contributed by atoms with Gasteiger partial charge in [-0.1, -0.05) is 6.42 Å². The number of nitrogens with one attached hydrogen (secondary N) is 1. The molecule has 3 heteroatoms. The molecule has 3 atom stereocenters. The van der Waals surface area contributed by atoms with Crippen molar-refractivity contribution in [2.45, 2.75) is 32.1 Å². The predicted octanol–water partition coefficient (Wildman–Crippen LogP) is 3.59. The van der Waals surface area contributed by atoms with Crippen LogP contribution in [-0.2, 0) is 4.79 Å². The van der Waals surface area contributed by atoms with Gasteiger partial charge in [0, 0.05) is 12.1 Å². The molecular formula is C15H18FNO. The summed E-state index contributed by atoms with van der Waals surface area (Å²) in [6.07, 6.45) is 5.84. The molecule has 0 spiro atoms. The third kappa shape index (κ3) is 2.40. The molecule has 0 heterocycles. The second-order valence-electron chi connectivity index (χ2n) is 5.69. The highest BCUT2D eigenvalue weighted by Crippen LogP contribution is 2.49. The first-order valence-corrected chi connectivity index (χ1v) is 6.76. The van der Waals surface area contributed by atoms with Gasteiger partial charge in [0.15, 0.2) is 0 Å². The number of hydrogen-bond acceptors (Lipinski definition) is 1. The molecule has 1 amide bonds. The lowest BCUT2D eigenvalue weighted by Crippen LogP contribution is -2.20. The molecule has 0 saturated heterocycles. The Balaban J connectivity index is 1.54. The minimum absolute atomic E-state index is 0.0687. The van der Waals surface area contributed by atoms with Gasteiger partial charge in [-0.15, -0.1) is 0 Å². The van der Waals surface area contributed by atoms with Gasteiger partial charge in [0.2, 0.25) is 5.91 Å². The van der Waals surface area contributed by atoms with Crippen LogP contribution in [0, 0.1) is 23.6 Å². The van der Waals surface area contributed by atoms with E-state index in [1.54, 1.807) is 12.1 Å². The molecule has 2 aliphatic rings. The highest BCUT2D eigenvalue weighted by atomic mass is 19.1. The Hall–Kier alpha value is -1.38. The standard InChI is InChI=1S/C15H18FNO/c16-13-3-5-14(6-4-13)17-15(18)9-12-8-10-1-2-11(12)7-10/h3-6,10-12H,1-2,7-9H2,(H,17,18)/t10-,11-,12-/m0/s1. The maximum Gasteiger partial charge on any atom is 0.224 e. The molecule has 2 nitrogen and oxygen atoms in total. The normalized spacial score (nSPS) is 29.5. The molecule has 0 aromatic heterocycles. The van der Waals surface area contributed by atoms with Crippen LogP contribution < -0.4 is 5.32 Å². The van der Waals surface area contributed by atoms with Gasteiger partial charge in [0.05, 0.1) is 0 Å². The van der Waals surface area contributed by atoms with Gasteiger partial charge in [0.25, 0.3) is 0 Å². The fraction of sp³-hybridized carbons (Fsp3) is 0.533. The zero-order chi connectivity index (χ0) is 12.5. The summed E-state index contributed by atoms with van der Waals surface area (Å²) in [4.78, 5) is 11.9. The molecule has 0 aliphatic heterocycles. The van der Waals surface area contributed by atoms with Crippen LogP contribution in [0.4, 0.5) is 10.1 Å². The SMILES string of the molecule is O=C(C[C@@H]1C[C@H]2CC[C@H]1C2)Nc1ccc(F)cc1. The van der Waals surface area contributed by atoms with Crippen molar-refractivity contribution in [3.63, 3.8) is 0 Å². The van der Waals surface area contributed by atoms with Crippen LogP contribution in [0.2, 0.25) is 0 Å². The van der Waals surface area contributed by atoms with Gasteiger partial charge >= 0.3 is 0 Å². The Bertz CT molecular complexity index is 442. The second-order valence-corrected chi connectivity index (χ2v) is 5.69. The second kappa shape index (κ2) is 4.71. The Kier molecular flexibility index (Phi) is 3.06. The molecule has 1 aromatic carbocycles. The van der Waals surface area contributed by atoms with Crippen molar-refractivity contribution < 1.29 is 9.18 Å². The van der Waals surface area contributed by atoms with E-state index in [0.717, 1.165) is 11.8 Å². The molecule has 96 valence electrons. The lowest BCUT2D eigenvalue weighted by atomic mass is 9.86. The lowest BCUT2D eigenvalue weighted by molar-refractivity contribution is -0.117. The van der Waals surface area contributed by atoms with Crippen molar-refractivity contribution in [1.82, 2.24) is 0 Å². The third-order valence-electron chi connectivity index (χ3n) is 4.46. The van der Waals surface area contributed by atoms with Crippen LogP contribution in [0.15, 0.2) is 24.3 Å². The number of carbonyl (C=O) groups is 1. The summed E-state index contributed by atoms with van der Waals surface area (Å²) in [5.41, 5.74) is 0.685. The molecule has 2 aliphatic carbocycles. The first-order chi connectivity index (χ1) is 8.70. The molecule has 1 aromatic rings. The zero-order valence-corrected chi connectivity index (χ0v) is 10.4. The van der Waals surface area contributed by atoms with Crippen LogP contribution in [0.25, 0.3) is 0 Å². The van der Waals surface area contributed by atoms with Gasteiger partial charge in [0.1, 0.15) is 5.82 Å². The number of anilines is 1. The fourth-order valence-electron chi connectivity index (χ4n) is 3.61. The van der Waals surface area contributed by atoms with Crippen molar-refractivity contribution >= 4 is 11.6 Å². The fourth-order valence-corrected chi connectivity index (χ4v) is 3.61. The van der Waals surface area contributed by atoms with E-state index >= 15 is 0 Å². The lowest BCUT2D eigenvalue weighted by Gasteiger charge is -2.20. The van der Waals surface area contributed by atoms with Crippen LogP contribution >= 0.6 is 0 Å². The number of fused-ring (bicyclic) bond motifs is 2. The van der Waals surface area contributed by atoms with Crippen molar-refractivity contribution in [2.24, 2.45) is 17.8 Å². The van der Waals surface area contributed by atoms with Gasteiger partial charge in [-0.05, 0) is 61.3 Å². The zero-order valence-electron chi connectivity index (χ0n) is 10.4. The topological polar surface area (TPSA) is 29.1 Å². The summed E-state index contributed by atoms with van der Waals surface area (Å²) in [5, 5.41) is 2.85. The number of rotatable bonds is 3. The van der Waals surface area contributed by atoms with E-state index in [9.17, 15) is 9.18 Å². The Morgan fingerprint density at radius 3 is 2.61 bits per heavy atom. The monoisotopic (exact) mass is 247 g/mol. The highest BCUT2D eigenvalue weighted by Gasteiger charge is 2.40. The summed E-state index contributed by atoms with van der Waals surface area (Å²) in [6.45, 7) is 0. The Labute approximate surface area is 107 Å². The largest absolute Gasteiger partial charge is 0.326 e. The average Bonchev–Trinajstić information content (AvgIpc) is 2.94. The number of hydrogen-bond donors (Lipinski definition) is 1. The number of carbonyl (C=O) groups excluding carboxylic acids is 1. The molecule has 2 bridgehead atoms. The predicted molar refractivity (Wildman–Crippen MR) is 68.6 cm³/mol. The Morgan fingerprint density at radius 1 is 1.22 bits per heavy atom. The van der Waals surface area contributed by atoms with Crippen LogP contribution in [-0.4, -0.2) is 5.91 Å². The summed E-state index contributed by atoms with van der Waals surface area (Å²) < 4.78 is 12.7. The third-order valence-corrected chi connectivity index (χ3v) is 4.46. The molecule has 0 radical (unpaired) electrons. The molecule has 3 rings (SSSR count). The van der Waals surface area contributed by atoms with Crippen molar-refractivity contribution in [3.05, 3.63) is 30.1 Å². The van der Waals surface area contributed by atoms with E-state index in [1.165, 1.54) is 37.8 Å². The minimum atomic E-state index is -0.277. The summed E-state index contributed by atoms with van der Waals surface area (Å²) in [5.74, 6) is 2.01. The smallest absolute Gasteiger partial charge is 0.224 e. The highest BCUT2D eigenvalue weighted by molar-refractivity contribution is 5.90. The average molecular weight is 247 g/mol. The van der Waals surface area contributed by atoms with Crippen LogP contribution in [0.5, 0.6) is 0 Å². The number of benzene rings is 1. The first-order valence-electron chi connectivity index (χ1n) is 6.76. The summed E-state index contributed by atoms with van der Waals surface area (Å²) >= 11 is 0. The first kappa shape index (κ1) is 11.7. The van der Waals surface area contributed by atoms with Gasteiger partial charge in [-0.25, -0.2) is 4.39 Å². The van der Waals surface area contributed by atoms with Crippen molar-refractivity contribution in [2.75, 3.05) is 5.32 Å². The number of amides is 1. The molecule has 0 unspecified atom stereocenters. The van der Waals surface area contributed by atoms with E-state index in [-0.39, 0.29) is 11.7 Å². The van der Waals surface area contributed by atoms with Gasteiger partial charge < -0.3 is 5.32 Å². The van der Waals surface area contributed by atoms with E-state index < -0.39 is 0 Å². The Morgan fingerprint density at radius 2 is 2.00 bits per heavy atom. The number of halogens is 1. The van der Waals surface area contributed by atoms with Crippen LogP contribution in [0.1, 0.15) is 32.1 Å². The van der Waals surface area contributed by atoms with Crippen LogP contribution in [0.3, 0.4) is 0 Å². The van der Waals surface area contributed by atoms with E-state index in [1.807, 2.05) is 0 Å². The van der Waals surface area contributed by atoms with Crippen molar-refractivity contribution in [3.8, 4) is 0 Å². The van der Waals surface area contributed by atoms with Crippen molar-refractivity contribution in [1.29, 1.82) is 0 Å². The minimum Gasteiger partial charge on any atom is -0.326 e. The molecule has 1 N–H and O–H groups in total. The van der Waals surface area contributed by atoms with E-state index in [0.29, 0.717) is 18.0 Å². The molecular weight excluding hydrogens is 229 g/mol. The summed E-state index contributed by atoms with van der Waals surface area (Å²) in [6, 6.07) is 5.95. The van der Waals surface area contributed by atoms with Gasteiger partial charge in [-0.2, -0.15) is 0 Å². The molecule has 2 fully saturated rings. The molecule has 18 heavy (non-hydrogen) atoms.